The van der Waals surface area contributed by atoms with Gasteiger partial charge in [0, 0.05) is 32.7 Å². The van der Waals surface area contributed by atoms with Crippen molar-refractivity contribution < 1.29 is 28.7 Å². The monoisotopic (exact) mass is 544 g/mol. The highest BCUT2D eigenvalue weighted by Gasteiger charge is 2.40. The Morgan fingerprint density at radius 2 is 1.69 bits per heavy atom. The van der Waals surface area contributed by atoms with E-state index in [1.807, 2.05) is 25.8 Å². The molecule has 0 aromatic heterocycles. The summed E-state index contributed by atoms with van der Waals surface area (Å²) in [7, 11) is 2.03. The molecule has 1 aromatic rings. The molecule has 216 valence electrons. The van der Waals surface area contributed by atoms with Gasteiger partial charge in [0.2, 0.25) is 11.8 Å². The molecule has 2 aliphatic heterocycles. The summed E-state index contributed by atoms with van der Waals surface area (Å²) in [6, 6.07) is 5.29. The molecule has 0 aliphatic carbocycles. The summed E-state index contributed by atoms with van der Waals surface area (Å²) in [6.07, 6.45) is 1.80. The van der Waals surface area contributed by atoms with Gasteiger partial charge in [-0.25, -0.2) is 4.79 Å². The van der Waals surface area contributed by atoms with Gasteiger partial charge in [-0.1, -0.05) is 26.0 Å². The van der Waals surface area contributed by atoms with Crippen LogP contribution >= 0.6 is 0 Å². The van der Waals surface area contributed by atoms with E-state index >= 15 is 0 Å². The molecular formula is C29H44N4O6. The molecule has 1 aromatic carbocycles. The van der Waals surface area contributed by atoms with Gasteiger partial charge in [0.15, 0.2) is 6.61 Å². The van der Waals surface area contributed by atoms with Crippen LogP contribution in [0.5, 0.6) is 5.75 Å². The minimum atomic E-state index is -0.794. The van der Waals surface area contributed by atoms with Crippen LogP contribution in [0.15, 0.2) is 24.3 Å². The van der Waals surface area contributed by atoms with Crippen molar-refractivity contribution in [3.05, 3.63) is 29.8 Å². The Morgan fingerprint density at radius 1 is 1.03 bits per heavy atom. The van der Waals surface area contributed by atoms with Crippen LogP contribution in [0.25, 0.3) is 0 Å². The quantitative estimate of drug-likeness (QED) is 0.476. The van der Waals surface area contributed by atoms with Crippen molar-refractivity contribution in [2.45, 2.75) is 71.6 Å². The van der Waals surface area contributed by atoms with Crippen molar-refractivity contribution >= 4 is 23.7 Å². The van der Waals surface area contributed by atoms with Crippen molar-refractivity contribution in [2.75, 3.05) is 46.4 Å². The molecule has 39 heavy (non-hydrogen) atoms. The summed E-state index contributed by atoms with van der Waals surface area (Å²) in [5.41, 5.74) is -0.435. The smallest absolute Gasteiger partial charge is 0.344 e. The van der Waals surface area contributed by atoms with E-state index in [-0.39, 0.29) is 35.7 Å². The Labute approximate surface area is 232 Å². The first-order valence-electron chi connectivity index (χ1n) is 13.9. The van der Waals surface area contributed by atoms with E-state index in [1.54, 1.807) is 49.9 Å². The second kappa shape index (κ2) is 13.3. The zero-order valence-electron chi connectivity index (χ0n) is 24.2. The lowest BCUT2D eigenvalue weighted by Gasteiger charge is -2.36. The molecule has 0 saturated carbocycles. The number of carbonyl (C=O) groups is 4. The van der Waals surface area contributed by atoms with Gasteiger partial charge in [0.1, 0.15) is 23.4 Å². The Morgan fingerprint density at radius 3 is 2.33 bits per heavy atom. The molecule has 10 heteroatoms. The topological polar surface area (TPSA) is 108 Å². The van der Waals surface area contributed by atoms with Crippen molar-refractivity contribution in [3.8, 4) is 5.75 Å². The number of nitrogens with one attached hydrogen (secondary N) is 1. The number of hydrogen-bond donors (Lipinski definition) is 1. The maximum absolute atomic E-state index is 13.8. The number of benzene rings is 1. The molecule has 1 N–H and O–H groups in total. The molecule has 2 heterocycles. The molecule has 10 nitrogen and oxygen atoms in total. The number of carbonyl (C=O) groups excluding carboxylic acids is 4. The van der Waals surface area contributed by atoms with Crippen molar-refractivity contribution in [1.82, 2.24) is 20.0 Å². The van der Waals surface area contributed by atoms with Gasteiger partial charge in [0.25, 0.3) is 5.91 Å². The Bertz CT molecular complexity index is 1030. The van der Waals surface area contributed by atoms with Crippen LogP contribution in [0.4, 0.5) is 0 Å². The van der Waals surface area contributed by atoms with Crippen LogP contribution in [0, 0.1) is 5.92 Å². The lowest BCUT2D eigenvalue weighted by Crippen LogP contribution is -2.56. The molecule has 3 rings (SSSR count). The highest BCUT2D eigenvalue weighted by Crippen LogP contribution is 2.24. The Balaban J connectivity index is 1.71. The number of para-hydroxylation sites is 1. The first-order valence-corrected chi connectivity index (χ1v) is 13.9. The van der Waals surface area contributed by atoms with Crippen LogP contribution in [0.2, 0.25) is 0 Å². The number of ether oxygens (including phenoxy) is 2. The number of rotatable bonds is 9. The van der Waals surface area contributed by atoms with Crippen LogP contribution in [0.3, 0.4) is 0 Å². The second-order valence-electron chi connectivity index (χ2n) is 11.8. The first-order chi connectivity index (χ1) is 18.4. The zero-order valence-corrected chi connectivity index (χ0v) is 24.2. The maximum Gasteiger partial charge on any atom is 0.344 e. The predicted octanol–water partition coefficient (Wildman–Crippen LogP) is 2.32. The van der Waals surface area contributed by atoms with E-state index in [0.29, 0.717) is 32.5 Å². The van der Waals surface area contributed by atoms with E-state index in [2.05, 4.69) is 10.2 Å². The van der Waals surface area contributed by atoms with Crippen molar-refractivity contribution in [2.24, 2.45) is 5.92 Å². The number of piperazine rings is 1. The van der Waals surface area contributed by atoms with Gasteiger partial charge < -0.3 is 29.5 Å². The SMILES string of the molecule is CC(C)CC(NC(=O)c1ccccc1OCC(=O)OC(C)(C)C)C(=O)N1CCC[C@@H]1C(=O)N1CCN(C)CC1. The third-order valence-corrected chi connectivity index (χ3v) is 6.84. The molecule has 2 saturated heterocycles. The minimum absolute atomic E-state index is 0.00976. The summed E-state index contributed by atoms with van der Waals surface area (Å²) < 4.78 is 10.9. The molecule has 1 unspecified atom stereocenters. The normalized spacial score (nSPS) is 19.1. The molecule has 2 atom stereocenters. The second-order valence-corrected chi connectivity index (χ2v) is 11.8. The van der Waals surface area contributed by atoms with E-state index in [0.717, 1.165) is 19.5 Å². The van der Waals surface area contributed by atoms with Crippen molar-refractivity contribution in [1.29, 1.82) is 0 Å². The largest absolute Gasteiger partial charge is 0.481 e. The van der Waals surface area contributed by atoms with Gasteiger partial charge in [-0.05, 0) is 65.1 Å². The van der Waals surface area contributed by atoms with Gasteiger partial charge in [-0.3, -0.25) is 14.4 Å². The van der Waals surface area contributed by atoms with Gasteiger partial charge in [-0.2, -0.15) is 0 Å². The van der Waals surface area contributed by atoms with E-state index in [4.69, 9.17) is 9.47 Å². The van der Waals surface area contributed by atoms with E-state index in [9.17, 15) is 19.2 Å². The number of hydrogen-bond acceptors (Lipinski definition) is 7. The first kappa shape index (κ1) is 30.4. The predicted molar refractivity (Wildman–Crippen MR) is 147 cm³/mol. The van der Waals surface area contributed by atoms with Crippen LogP contribution in [-0.2, 0) is 19.1 Å². The van der Waals surface area contributed by atoms with Crippen LogP contribution in [0.1, 0.15) is 64.2 Å². The zero-order chi connectivity index (χ0) is 28.7. The number of nitrogens with zero attached hydrogens (tertiary/aromatic N) is 3. The summed E-state index contributed by atoms with van der Waals surface area (Å²) in [5.74, 6) is -0.919. The standard InChI is InChI=1S/C29H44N4O6/c1-20(2)18-22(27(36)33-13-9-11-23(33)28(37)32-16-14-31(6)15-17-32)30-26(35)21-10-7-8-12-24(21)38-19-25(34)39-29(3,4)5/h7-8,10,12,20,22-23H,9,11,13-19H2,1-6H3,(H,30,35)/t22?,23-/m1/s1. The molecule has 0 spiro atoms. The number of likely N-dealkylation sites (N-methyl/N-ethyl adjacent to an activating group) is 1. The maximum atomic E-state index is 13.8. The summed E-state index contributed by atoms with van der Waals surface area (Å²) in [4.78, 5) is 58.3. The van der Waals surface area contributed by atoms with Gasteiger partial charge in [-0.15, -0.1) is 0 Å². The summed E-state index contributed by atoms with van der Waals surface area (Å²) in [5, 5.41) is 2.89. The number of amides is 3. The van der Waals surface area contributed by atoms with Crippen molar-refractivity contribution in [3.63, 3.8) is 0 Å². The van der Waals surface area contributed by atoms with E-state index in [1.165, 1.54) is 0 Å². The summed E-state index contributed by atoms with van der Waals surface area (Å²) in [6.45, 7) is 12.3. The third kappa shape index (κ3) is 8.68. The molecule has 3 amide bonds. The highest BCUT2D eigenvalue weighted by molar-refractivity contribution is 6.00. The Kier molecular flexibility index (Phi) is 10.4. The lowest BCUT2D eigenvalue weighted by molar-refractivity contribution is -0.157. The van der Waals surface area contributed by atoms with Gasteiger partial charge in [0.05, 0.1) is 5.56 Å². The van der Waals surface area contributed by atoms with Crippen LogP contribution < -0.4 is 10.1 Å². The fraction of sp³-hybridized carbons (Fsp3) is 0.655. The van der Waals surface area contributed by atoms with E-state index < -0.39 is 29.6 Å². The number of likely N-dealkylation sites (tertiary alicyclic amines) is 1. The summed E-state index contributed by atoms with van der Waals surface area (Å²) >= 11 is 0. The lowest BCUT2D eigenvalue weighted by atomic mass is 10.0. The average Bonchev–Trinajstić information content (AvgIpc) is 3.35. The molecular weight excluding hydrogens is 500 g/mol. The minimum Gasteiger partial charge on any atom is -0.481 e. The van der Waals surface area contributed by atoms with Gasteiger partial charge >= 0.3 is 5.97 Å². The van der Waals surface area contributed by atoms with Crippen LogP contribution in [-0.4, -0.2) is 102 Å². The molecule has 2 aliphatic rings. The highest BCUT2D eigenvalue weighted by atomic mass is 16.6. The number of esters is 1. The third-order valence-electron chi connectivity index (χ3n) is 6.84. The Hall–Kier alpha value is -3.14. The molecule has 0 radical (unpaired) electrons. The fourth-order valence-electron chi connectivity index (χ4n) is 4.94. The average molecular weight is 545 g/mol. The molecule has 0 bridgehead atoms. The fourth-order valence-corrected chi connectivity index (χ4v) is 4.94. The molecule has 2 fully saturated rings.